The quantitative estimate of drug-likeness (QED) is 0.631. The smallest absolute Gasteiger partial charge is 0.314 e. The summed E-state index contributed by atoms with van der Waals surface area (Å²) in [6, 6.07) is 0.308. The molecule has 0 spiro atoms. The molecule has 7 nitrogen and oxygen atoms in total. The van der Waals surface area contributed by atoms with Gasteiger partial charge in [0, 0.05) is 50.8 Å². The lowest BCUT2D eigenvalue weighted by Gasteiger charge is -2.41. The van der Waals surface area contributed by atoms with Gasteiger partial charge in [-0.15, -0.1) is 0 Å². The third-order valence-electron chi connectivity index (χ3n) is 6.13. The second-order valence-corrected chi connectivity index (χ2v) is 8.27. The van der Waals surface area contributed by atoms with E-state index in [9.17, 15) is 4.79 Å². The zero-order valence-electron chi connectivity index (χ0n) is 17.8. The molecular weight excluding hydrogens is 344 g/mol. The predicted molar refractivity (Wildman–Crippen MR) is 108 cm³/mol. The van der Waals surface area contributed by atoms with Gasteiger partial charge in [-0.05, 0) is 19.8 Å². The van der Waals surface area contributed by atoms with Crippen LogP contribution in [-0.4, -0.2) is 93.1 Å². The van der Waals surface area contributed by atoms with Crippen molar-refractivity contribution in [3.8, 4) is 0 Å². The maximum absolute atomic E-state index is 12.5. The van der Waals surface area contributed by atoms with E-state index in [0.717, 1.165) is 65.4 Å². The van der Waals surface area contributed by atoms with Gasteiger partial charge in [-0.25, -0.2) is 4.79 Å². The lowest BCUT2D eigenvalue weighted by Crippen LogP contribution is -2.57. The first-order chi connectivity index (χ1) is 13.0. The van der Waals surface area contributed by atoms with Gasteiger partial charge in [0.25, 0.3) is 0 Å². The summed E-state index contributed by atoms with van der Waals surface area (Å²) in [5.41, 5.74) is -0.0693. The summed E-state index contributed by atoms with van der Waals surface area (Å²) in [7, 11) is 0. The van der Waals surface area contributed by atoms with Crippen LogP contribution in [0, 0.1) is 5.92 Å². The van der Waals surface area contributed by atoms with Crippen LogP contribution in [0.25, 0.3) is 0 Å². The molecule has 27 heavy (non-hydrogen) atoms. The number of nitrogens with one attached hydrogen (secondary N) is 2. The van der Waals surface area contributed by atoms with E-state index in [1.165, 1.54) is 0 Å². The molecule has 0 radical (unpaired) electrons. The van der Waals surface area contributed by atoms with E-state index in [4.69, 9.17) is 9.47 Å². The van der Waals surface area contributed by atoms with Crippen LogP contribution in [0.15, 0.2) is 0 Å². The average Bonchev–Trinajstić information content (AvgIpc) is 2.71. The lowest BCUT2D eigenvalue weighted by atomic mass is 9.92. The van der Waals surface area contributed by atoms with Crippen LogP contribution in [-0.2, 0) is 9.47 Å². The molecule has 0 aliphatic carbocycles. The molecule has 2 N–H and O–H groups in total. The minimum absolute atomic E-state index is 0.0689. The van der Waals surface area contributed by atoms with Gasteiger partial charge in [0.05, 0.1) is 26.4 Å². The third kappa shape index (κ3) is 6.89. The van der Waals surface area contributed by atoms with Crippen molar-refractivity contribution in [2.75, 3.05) is 65.7 Å². The first kappa shape index (κ1) is 22.4. The molecule has 2 heterocycles. The Kier molecular flexibility index (Phi) is 9.29. The predicted octanol–water partition coefficient (Wildman–Crippen LogP) is 1.53. The normalized spacial score (nSPS) is 21.2. The number of hydrogen-bond donors (Lipinski definition) is 2. The third-order valence-corrected chi connectivity index (χ3v) is 6.13. The number of amides is 2. The fraction of sp³-hybridized carbons (Fsp3) is 0.950. The zero-order chi connectivity index (χ0) is 19.7. The van der Waals surface area contributed by atoms with E-state index in [0.29, 0.717) is 25.0 Å². The van der Waals surface area contributed by atoms with Crippen LogP contribution in [0.3, 0.4) is 0 Å². The van der Waals surface area contributed by atoms with Crippen LogP contribution in [0.1, 0.15) is 40.5 Å². The molecule has 2 rings (SSSR count). The van der Waals surface area contributed by atoms with Gasteiger partial charge >= 0.3 is 6.03 Å². The SMILES string of the molecule is CCC(CC)C(CNC(=O)NCC(C)(C)N1CCOCC1)N1CCOCC1. The van der Waals surface area contributed by atoms with Crippen molar-refractivity contribution in [3.05, 3.63) is 0 Å². The van der Waals surface area contributed by atoms with E-state index >= 15 is 0 Å². The number of carbonyl (C=O) groups is 1. The standard InChI is InChI=1S/C20H40N4O3/c1-5-17(6-2)18(23-7-11-26-12-8-23)15-21-19(25)22-16-20(3,4)24-9-13-27-14-10-24/h17-18H,5-16H2,1-4H3,(H2,21,22,25). The van der Waals surface area contributed by atoms with Gasteiger partial charge in [-0.3, -0.25) is 9.80 Å². The topological polar surface area (TPSA) is 66.1 Å². The number of carbonyl (C=O) groups excluding carboxylic acids is 1. The molecule has 0 aromatic heterocycles. The van der Waals surface area contributed by atoms with Crippen LogP contribution >= 0.6 is 0 Å². The second-order valence-electron chi connectivity index (χ2n) is 8.27. The van der Waals surface area contributed by atoms with E-state index in [2.05, 4.69) is 48.1 Å². The second kappa shape index (κ2) is 11.2. The summed E-state index contributed by atoms with van der Waals surface area (Å²) in [6.07, 6.45) is 2.26. The van der Waals surface area contributed by atoms with Gasteiger partial charge in [-0.1, -0.05) is 26.7 Å². The molecule has 2 amide bonds. The van der Waals surface area contributed by atoms with Crippen molar-refractivity contribution in [1.29, 1.82) is 0 Å². The number of rotatable bonds is 9. The maximum Gasteiger partial charge on any atom is 0.314 e. The summed E-state index contributed by atoms with van der Waals surface area (Å²) >= 11 is 0. The van der Waals surface area contributed by atoms with Crippen molar-refractivity contribution in [2.45, 2.75) is 52.1 Å². The van der Waals surface area contributed by atoms with Gasteiger partial charge in [-0.2, -0.15) is 0 Å². The highest BCUT2D eigenvalue weighted by Crippen LogP contribution is 2.19. The van der Waals surface area contributed by atoms with Gasteiger partial charge in [0.1, 0.15) is 0 Å². The largest absolute Gasteiger partial charge is 0.379 e. The molecule has 2 aliphatic rings. The Bertz CT molecular complexity index is 431. The van der Waals surface area contributed by atoms with E-state index in [1.807, 2.05) is 0 Å². The first-order valence-corrected chi connectivity index (χ1v) is 10.6. The molecular formula is C20H40N4O3. The van der Waals surface area contributed by atoms with Crippen LogP contribution in [0.2, 0.25) is 0 Å². The molecule has 2 saturated heterocycles. The summed E-state index contributed by atoms with van der Waals surface area (Å²) in [5, 5.41) is 6.21. The Morgan fingerprint density at radius 2 is 1.52 bits per heavy atom. The number of nitrogens with zero attached hydrogens (tertiary/aromatic N) is 2. The molecule has 2 aliphatic heterocycles. The number of morpholine rings is 2. The number of urea groups is 1. The Hall–Kier alpha value is -0.890. The number of hydrogen-bond acceptors (Lipinski definition) is 5. The Balaban J connectivity index is 1.81. The fourth-order valence-electron chi connectivity index (χ4n) is 4.17. The van der Waals surface area contributed by atoms with Gasteiger partial charge < -0.3 is 20.1 Å². The molecule has 158 valence electrons. The average molecular weight is 385 g/mol. The highest BCUT2D eigenvalue weighted by Gasteiger charge is 2.30. The molecule has 1 unspecified atom stereocenters. The molecule has 0 saturated carbocycles. The van der Waals surface area contributed by atoms with Crippen LogP contribution in [0.5, 0.6) is 0 Å². The Labute approximate surface area is 165 Å². The van der Waals surface area contributed by atoms with E-state index < -0.39 is 0 Å². The summed E-state index contributed by atoms with van der Waals surface area (Å²) in [5.74, 6) is 0.591. The Morgan fingerprint density at radius 1 is 0.963 bits per heavy atom. The zero-order valence-corrected chi connectivity index (χ0v) is 17.8. The minimum atomic E-state index is -0.0693. The van der Waals surface area contributed by atoms with Crippen molar-refractivity contribution in [1.82, 2.24) is 20.4 Å². The van der Waals surface area contributed by atoms with Crippen molar-refractivity contribution >= 4 is 6.03 Å². The van der Waals surface area contributed by atoms with Crippen LogP contribution in [0.4, 0.5) is 4.79 Å². The molecule has 0 bridgehead atoms. The molecule has 1 atom stereocenters. The Morgan fingerprint density at radius 3 is 2.07 bits per heavy atom. The summed E-state index contributed by atoms with van der Waals surface area (Å²) in [4.78, 5) is 17.3. The van der Waals surface area contributed by atoms with Crippen molar-refractivity contribution in [2.24, 2.45) is 5.92 Å². The summed E-state index contributed by atoms with van der Waals surface area (Å²) < 4.78 is 10.9. The first-order valence-electron chi connectivity index (χ1n) is 10.6. The fourth-order valence-corrected chi connectivity index (χ4v) is 4.17. The summed E-state index contributed by atoms with van der Waals surface area (Å²) in [6.45, 7) is 17.0. The lowest BCUT2D eigenvalue weighted by molar-refractivity contribution is -0.00889. The molecule has 7 heteroatoms. The van der Waals surface area contributed by atoms with Gasteiger partial charge in [0.2, 0.25) is 0 Å². The van der Waals surface area contributed by atoms with Crippen molar-refractivity contribution < 1.29 is 14.3 Å². The molecule has 0 aromatic rings. The molecule has 2 fully saturated rings. The van der Waals surface area contributed by atoms with Crippen molar-refractivity contribution in [3.63, 3.8) is 0 Å². The monoisotopic (exact) mass is 384 g/mol. The molecule has 0 aromatic carbocycles. The maximum atomic E-state index is 12.5. The highest BCUT2D eigenvalue weighted by atomic mass is 16.5. The van der Waals surface area contributed by atoms with E-state index in [-0.39, 0.29) is 11.6 Å². The minimum Gasteiger partial charge on any atom is -0.379 e. The number of ether oxygens (including phenoxy) is 2. The highest BCUT2D eigenvalue weighted by molar-refractivity contribution is 5.73. The van der Waals surface area contributed by atoms with E-state index in [1.54, 1.807) is 0 Å². The van der Waals surface area contributed by atoms with Crippen LogP contribution < -0.4 is 10.6 Å². The van der Waals surface area contributed by atoms with Gasteiger partial charge in [0.15, 0.2) is 0 Å².